The third-order valence-corrected chi connectivity index (χ3v) is 3.86. The molecule has 0 saturated heterocycles. The van der Waals surface area contributed by atoms with Crippen LogP contribution in [-0.2, 0) is 198 Å². The van der Waals surface area contributed by atoms with E-state index in [0.717, 1.165) is 0 Å². The molecule has 0 saturated carbocycles. The molecule has 0 aliphatic carbocycles. The second-order valence-electron chi connectivity index (χ2n) is 2.55. The van der Waals surface area contributed by atoms with Crippen LogP contribution < -0.4 is 0 Å². The Morgan fingerprint density at radius 3 is 0.611 bits per heavy atom. The van der Waals surface area contributed by atoms with Gasteiger partial charge in [-0.05, 0) is 0 Å². The number of rotatable bonds is 2. The minimum absolute atomic E-state index is 0. The molecule has 0 N–H and O–H groups in total. The molecule has 0 aliphatic rings. The van der Waals surface area contributed by atoms with Gasteiger partial charge in [-0.15, -0.1) is 0 Å². The van der Waals surface area contributed by atoms with Crippen molar-refractivity contribution in [2.45, 2.75) is 27.7 Å². The van der Waals surface area contributed by atoms with Crippen LogP contribution >= 0.6 is 0 Å². The summed E-state index contributed by atoms with van der Waals surface area (Å²) in [7, 11) is 0. The Kier molecular flexibility index (Phi) is 177. The first-order chi connectivity index (χ1) is 5.54. The van der Waals surface area contributed by atoms with Gasteiger partial charge in [0.05, 0.1) is 0 Å². The Bertz CT molecular complexity index is 94.1. The molecule has 0 aliphatic heterocycles. The Balaban J connectivity index is -0.00000000872. The van der Waals surface area contributed by atoms with Crippen LogP contribution in [-0.4, -0.2) is 8.80 Å². The molecule has 0 rings (SSSR count). The standard InChI is InChI=1S/2C4H7.10W/c2*1-4(2)3;;;;;;;;;;/h2*4H,1-2H3;;;;;;;;;;/q2*-1;;;;;;;;;;. The average Bonchev–Trinajstić information content (AvgIpc) is 2.09. The molecule has 0 atom stereocenters. The Hall–Kier alpha value is 6.62. The summed E-state index contributed by atoms with van der Waals surface area (Å²) >= 11 is 6.24. The molecule has 0 aromatic rings. The van der Waals surface area contributed by atoms with E-state index in [1.54, 1.807) is 32.4 Å². The molecular weight excluding hydrogens is 1930 g/mol. The number of hydrogen-bond donors (Lipinski definition) is 0. The molecule has 0 bridgehead atoms. The Morgan fingerprint density at radius 1 is 0.556 bits per heavy atom. The fourth-order valence-corrected chi connectivity index (χ4v) is 0. The SMILES string of the molecule is CC(C)[C-]=[W].CC(C)[C-]=[W].[W].[W].[W].[W].[W].[W].[W]=[W]. The van der Waals surface area contributed by atoms with E-state index < -0.39 is 0 Å². The molecule has 0 spiro atoms. The molecule has 0 amide bonds. The summed E-state index contributed by atoms with van der Waals surface area (Å²) < 4.78 is 6.22. The fourth-order valence-electron chi connectivity index (χ4n) is 0. The van der Waals surface area contributed by atoms with Gasteiger partial charge in [-0.2, -0.15) is 0 Å². The van der Waals surface area contributed by atoms with Crippen molar-refractivity contribution in [3.63, 3.8) is 0 Å². The van der Waals surface area contributed by atoms with Crippen molar-refractivity contribution in [3.05, 3.63) is 0 Å². The molecule has 0 aromatic carbocycles. The molecule has 108 valence electrons. The van der Waals surface area contributed by atoms with Crippen LogP contribution in [0.15, 0.2) is 0 Å². The van der Waals surface area contributed by atoms with E-state index in [9.17, 15) is 0 Å². The van der Waals surface area contributed by atoms with Crippen LogP contribution in [0.2, 0.25) is 0 Å². The summed E-state index contributed by atoms with van der Waals surface area (Å²) in [5.41, 5.74) is 0. The zero-order valence-corrected chi connectivity index (χ0v) is 39.6. The van der Waals surface area contributed by atoms with Gasteiger partial charge in [0.1, 0.15) is 0 Å². The molecule has 18 heavy (non-hydrogen) atoms. The zero-order chi connectivity index (χ0) is 10.6. The van der Waals surface area contributed by atoms with Crippen LogP contribution in [0, 0.1) is 11.8 Å². The maximum atomic E-state index is 3.11. The van der Waals surface area contributed by atoms with Crippen LogP contribution in [0.4, 0.5) is 0 Å². The molecule has 0 heterocycles. The molecule has 0 fully saturated rings. The van der Waals surface area contributed by atoms with Crippen molar-refractivity contribution in [2.75, 3.05) is 0 Å². The first-order valence-corrected chi connectivity index (χ1v) is 17.4. The van der Waals surface area contributed by atoms with E-state index >= 15 is 0 Å². The van der Waals surface area contributed by atoms with Gasteiger partial charge < -0.3 is 0 Å². The van der Waals surface area contributed by atoms with Crippen molar-refractivity contribution in [2.24, 2.45) is 11.8 Å². The molecular formula is C8H14W10-2. The van der Waals surface area contributed by atoms with Crippen LogP contribution in [0.3, 0.4) is 0 Å². The molecule has 0 unspecified atom stereocenters. The summed E-state index contributed by atoms with van der Waals surface area (Å²) in [6, 6.07) is 0. The topological polar surface area (TPSA) is 0 Å². The van der Waals surface area contributed by atoms with Crippen molar-refractivity contribution < 1.29 is 198 Å². The average molecular weight is 1950 g/mol. The van der Waals surface area contributed by atoms with Gasteiger partial charge in [-0.3, -0.25) is 0 Å². The first kappa shape index (κ1) is 56.3. The van der Waals surface area contributed by atoms with Crippen molar-refractivity contribution in [1.82, 2.24) is 0 Å². The van der Waals surface area contributed by atoms with Crippen molar-refractivity contribution >= 4 is 8.80 Å². The molecule has 0 radical (unpaired) electrons. The monoisotopic (exact) mass is 1950 g/mol. The molecule has 0 aromatic heterocycles. The van der Waals surface area contributed by atoms with Gasteiger partial charge in [-0.25, -0.2) is 0 Å². The summed E-state index contributed by atoms with van der Waals surface area (Å²) in [5.74, 6) is 1.34. The van der Waals surface area contributed by atoms with Gasteiger partial charge >= 0.3 is 119 Å². The zero-order valence-electron chi connectivity index (χ0n) is 10.2. The van der Waals surface area contributed by atoms with E-state index in [1.807, 2.05) is 0 Å². The third-order valence-electron chi connectivity index (χ3n) is 0.471. The van der Waals surface area contributed by atoms with Crippen molar-refractivity contribution in [3.8, 4) is 0 Å². The second kappa shape index (κ2) is 56.5. The summed E-state index contributed by atoms with van der Waals surface area (Å²) in [5, 5.41) is 0. The van der Waals surface area contributed by atoms with E-state index in [4.69, 9.17) is 0 Å². The van der Waals surface area contributed by atoms with Crippen LogP contribution in [0.1, 0.15) is 27.7 Å². The summed E-state index contributed by atoms with van der Waals surface area (Å²) in [6.07, 6.45) is 0. The summed E-state index contributed by atoms with van der Waals surface area (Å²) in [6.45, 7) is 8.53. The van der Waals surface area contributed by atoms with Crippen LogP contribution in [0.25, 0.3) is 0 Å². The second-order valence-corrected chi connectivity index (χ2v) is 4.24. The Morgan fingerprint density at radius 2 is 0.611 bits per heavy atom. The van der Waals surface area contributed by atoms with Gasteiger partial charge in [0.15, 0.2) is 0 Å². The maximum absolute atomic E-state index is 3.11. The van der Waals surface area contributed by atoms with Gasteiger partial charge in [0, 0.05) is 126 Å². The van der Waals surface area contributed by atoms with Crippen LogP contribution in [0.5, 0.6) is 0 Å². The first-order valence-electron chi connectivity index (χ1n) is 3.46. The minimum atomic E-state index is 0. The van der Waals surface area contributed by atoms with E-state index in [-0.39, 0.29) is 126 Å². The van der Waals surface area contributed by atoms with Gasteiger partial charge in [-0.1, -0.05) is 0 Å². The predicted octanol–water partition coefficient (Wildman–Crippen LogP) is 1.72. The Labute approximate surface area is 240 Å². The third kappa shape index (κ3) is 93.7. The fraction of sp³-hybridized carbons (Fsp3) is 0.750. The van der Waals surface area contributed by atoms with E-state index in [2.05, 4.69) is 36.5 Å². The molecule has 0 nitrogen and oxygen atoms in total. The van der Waals surface area contributed by atoms with E-state index in [1.165, 1.54) is 38.7 Å². The molecule has 10 heteroatoms. The normalized spacial score (nSPS) is 5.00. The van der Waals surface area contributed by atoms with Gasteiger partial charge in [0.25, 0.3) is 0 Å². The number of hydrogen-bond acceptors (Lipinski definition) is 0. The van der Waals surface area contributed by atoms with Gasteiger partial charge in [0.2, 0.25) is 0 Å². The van der Waals surface area contributed by atoms with Crippen molar-refractivity contribution in [1.29, 1.82) is 0 Å². The van der Waals surface area contributed by atoms with E-state index in [0.29, 0.717) is 11.8 Å². The quantitative estimate of drug-likeness (QED) is 0.371. The predicted molar refractivity (Wildman–Crippen MR) is 39.7 cm³/mol. The summed E-state index contributed by atoms with van der Waals surface area (Å²) in [4.78, 5) is 0.